The molecule has 0 unspecified atom stereocenters. The van der Waals surface area contributed by atoms with Crippen molar-refractivity contribution in [1.82, 2.24) is 15.5 Å². The molecule has 27 heavy (non-hydrogen) atoms. The summed E-state index contributed by atoms with van der Waals surface area (Å²) in [4.78, 5) is 20.0. The molecule has 1 aliphatic heterocycles. The van der Waals surface area contributed by atoms with E-state index in [0.29, 0.717) is 25.5 Å². The van der Waals surface area contributed by atoms with Gasteiger partial charge in [-0.3, -0.25) is 9.79 Å². The van der Waals surface area contributed by atoms with E-state index in [4.69, 9.17) is 4.74 Å². The van der Waals surface area contributed by atoms with Crippen molar-refractivity contribution in [3.05, 3.63) is 51.7 Å². The quantitative estimate of drug-likeness (QED) is 0.591. The van der Waals surface area contributed by atoms with Gasteiger partial charge in [-0.05, 0) is 41.1 Å². The molecule has 2 N–H and O–H groups in total. The highest BCUT2D eigenvalue weighted by molar-refractivity contribution is 7.10. The highest BCUT2D eigenvalue weighted by Crippen LogP contribution is 2.24. The van der Waals surface area contributed by atoms with Crippen LogP contribution in [-0.4, -0.2) is 44.0 Å². The molecule has 0 aliphatic carbocycles. The Balaban J connectivity index is 1.41. The van der Waals surface area contributed by atoms with Crippen LogP contribution in [0.15, 0.2) is 40.7 Å². The number of aliphatic imine (C=N–C) groups is 1. The zero-order chi connectivity index (χ0) is 19.1. The zero-order valence-corrected chi connectivity index (χ0v) is 16.6. The summed E-state index contributed by atoms with van der Waals surface area (Å²) in [5, 5.41) is 8.58. The smallest absolute Gasteiger partial charge is 0.224 e. The SMILES string of the molecule is CN=C(NCCC(=O)N1CCc2sccc2C1)NCc1cccc(OC)c1. The van der Waals surface area contributed by atoms with E-state index < -0.39 is 0 Å². The molecule has 1 aromatic heterocycles. The lowest BCUT2D eigenvalue weighted by molar-refractivity contribution is -0.131. The maximum absolute atomic E-state index is 12.5. The molecular weight excluding hydrogens is 360 g/mol. The number of methoxy groups -OCH3 is 1. The van der Waals surface area contributed by atoms with Crippen molar-refractivity contribution in [3.8, 4) is 5.75 Å². The number of nitrogens with one attached hydrogen (secondary N) is 2. The Morgan fingerprint density at radius 3 is 3.04 bits per heavy atom. The maximum atomic E-state index is 12.5. The van der Waals surface area contributed by atoms with Crippen LogP contribution in [0.5, 0.6) is 5.75 Å². The number of carbonyl (C=O) groups is 1. The summed E-state index contributed by atoms with van der Waals surface area (Å²) in [5.74, 6) is 1.70. The van der Waals surface area contributed by atoms with Gasteiger partial charge in [0.25, 0.3) is 0 Å². The van der Waals surface area contributed by atoms with E-state index in [9.17, 15) is 4.79 Å². The molecule has 0 fully saturated rings. The number of fused-ring (bicyclic) bond motifs is 1. The van der Waals surface area contributed by atoms with Crippen molar-refractivity contribution in [3.63, 3.8) is 0 Å². The van der Waals surface area contributed by atoms with E-state index in [1.807, 2.05) is 29.2 Å². The molecule has 1 amide bonds. The van der Waals surface area contributed by atoms with Crippen LogP contribution in [-0.2, 0) is 24.3 Å². The third-order valence-electron chi connectivity index (χ3n) is 4.61. The number of hydrogen-bond acceptors (Lipinski definition) is 4. The van der Waals surface area contributed by atoms with Gasteiger partial charge >= 0.3 is 0 Å². The predicted octanol–water partition coefficient (Wildman–Crippen LogP) is 2.40. The summed E-state index contributed by atoms with van der Waals surface area (Å²) < 4.78 is 5.24. The second kappa shape index (κ2) is 9.41. The Labute approximate surface area is 164 Å². The summed E-state index contributed by atoms with van der Waals surface area (Å²) in [7, 11) is 3.39. The molecule has 0 atom stereocenters. The fourth-order valence-corrected chi connectivity index (χ4v) is 3.99. The van der Waals surface area contributed by atoms with Crippen LogP contribution in [0.4, 0.5) is 0 Å². The van der Waals surface area contributed by atoms with Gasteiger partial charge in [0.1, 0.15) is 5.75 Å². The highest BCUT2D eigenvalue weighted by atomic mass is 32.1. The van der Waals surface area contributed by atoms with Crippen molar-refractivity contribution >= 4 is 23.2 Å². The van der Waals surface area contributed by atoms with Gasteiger partial charge in [-0.15, -0.1) is 11.3 Å². The van der Waals surface area contributed by atoms with E-state index in [1.165, 1.54) is 10.4 Å². The second-order valence-corrected chi connectivity index (χ2v) is 7.39. The van der Waals surface area contributed by atoms with Crippen LogP contribution in [0.1, 0.15) is 22.4 Å². The number of hydrogen-bond donors (Lipinski definition) is 2. The first-order valence-electron chi connectivity index (χ1n) is 9.10. The van der Waals surface area contributed by atoms with Crippen molar-refractivity contribution in [2.45, 2.75) is 25.9 Å². The van der Waals surface area contributed by atoms with E-state index in [0.717, 1.165) is 30.8 Å². The Bertz CT molecular complexity index is 803. The molecule has 2 aromatic rings. The average Bonchev–Trinajstić information content (AvgIpc) is 3.18. The molecular formula is C20H26N4O2S. The molecule has 0 saturated heterocycles. The lowest BCUT2D eigenvalue weighted by atomic mass is 10.1. The van der Waals surface area contributed by atoms with Crippen LogP contribution < -0.4 is 15.4 Å². The third-order valence-corrected chi connectivity index (χ3v) is 5.63. The maximum Gasteiger partial charge on any atom is 0.224 e. The Morgan fingerprint density at radius 2 is 2.22 bits per heavy atom. The number of thiophene rings is 1. The molecule has 0 spiro atoms. The molecule has 6 nitrogen and oxygen atoms in total. The Kier molecular flexibility index (Phi) is 6.70. The number of amides is 1. The number of guanidine groups is 1. The lowest BCUT2D eigenvalue weighted by Gasteiger charge is -2.27. The number of ether oxygens (including phenoxy) is 1. The van der Waals surface area contributed by atoms with Gasteiger partial charge in [-0.2, -0.15) is 0 Å². The first-order valence-corrected chi connectivity index (χ1v) is 9.98. The molecule has 3 rings (SSSR count). The molecule has 0 bridgehead atoms. The predicted molar refractivity (Wildman–Crippen MR) is 109 cm³/mol. The molecule has 144 valence electrons. The fourth-order valence-electron chi connectivity index (χ4n) is 3.10. The molecule has 1 aromatic carbocycles. The van der Waals surface area contributed by atoms with Gasteiger partial charge in [0.2, 0.25) is 5.91 Å². The topological polar surface area (TPSA) is 66.0 Å². The van der Waals surface area contributed by atoms with E-state index in [1.54, 1.807) is 25.5 Å². The summed E-state index contributed by atoms with van der Waals surface area (Å²) in [6, 6.07) is 10.0. The van der Waals surface area contributed by atoms with E-state index >= 15 is 0 Å². The van der Waals surface area contributed by atoms with Gasteiger partial charge in [0.05, 0.1) is 7.11 Å². The van der Waals surface area contributed by atoms with Crippen LogP contribution in [0, 0.1) is 0 Å². The lowest BCUT2D eigenvalue weighted by Crippen LogP contribution is -2.40. The Hall–Kier alpha value is -2.54. The van der Waals surface area contributed by atoms with Crippen molar-refractivity contribution < 1.29 is 9.53 Å². The first kappa shape index (κ1) is 19.2. The van der Waals surface area contributed by atoms with Crippen molar-refractivity contribution in [2.24, 2.45) is 4.99 Å². The zero-order valence-electron chi connectivity index (χ0n) is 15.8. The summed E-state index contributed by atoms with van der Waals surface area (Å²) >= 11 is 1.79. The number of nitrogens with zero attached hydrogens (tertiary/aromatic N) is 2. The summed E-state index contributed by atoms with van der Waals surface area (Å²) in [6.07, 6.45) is 1.43. The average molecular weight is 387 g/mol. The summed E-state index contributed by atoms with van der Waals surface area (Å²) in [5.41, 5.74) is 2.40. The first-order chi connectivity index (χ1) is 13.2. The monoisotopic (exact) mass is 386 g/mol. The van der Waals surface area contributed by atoms with Crippen molar-refractivity contribution in [2.75, 3.05) is 27.2 Å². The van der Waals surface area contributed by atoms with Crippen molar-refractivity contribution in [1.29, 1.82) is 0 Å². The minimum absolute atomic E-state index is 0.183. The third kappa shape index (κ3) is 5.23. The molecule has 1 aliphatic rings. The summed E-state index contributed by atoms with van der Waals surface area (Å²) in [6.45, 7) is 2.75. The van der Waals surface area contributed by atoms with Gasteiger partial charge in [0.15, 0.2) is 5.96 Å². The van der Waals surface area contributed by atoms with Gasteiger partial charge in [-0.1, -0.05) is 12.1 Å². The Morgan fingerprint density at radius 1 is 1.33 bits per heavy atom. The normalized spacial score (nSPS) is 13.9. The highest BCUT2D eigenvalue weighted by Gasteiger charge is 2.20. The van der Waals surface area contributed by atoms with Gasteiger partial charge < -0.3 is 20.3 Å². The van der Waals surface area contributed by atoms with Gasteiger partial charge in [-0.25, -0.2) is 0 Å². The second-order valence-electron chi connectivity index (χ2n) is 6.39. The molecule has 7 heteroatoms. The van der Waals surface area contributed by atoms with Crippen LogP contribution in [0.25, 0.3) is 0 Å². The number of carbonyl (C=O) groups excluding carboxylic acids is 1. The van der Waals surface area contributed by atoms with E-state index in [-0.39, 0.29) is 5.91 Å². The minimum atomic E-state index is 0.183. The molecule has 0 saturated carbocycles. The number of benzene rings is 1. The number of rotatable bonds is 6. The van der Waals surface area contributed by atoms with Gasteiger partial charge in [0, 0.05) is 44.5 Å². The standard InChI is InChI=1S/C20H26N4O2S/c1-21-20(23-13-15-4-3-5-17(12-15)26-2)22-9-6-19(25)24-10-7-18-16(14-24)8-11-27-18/h3-5,8,11-12H,6-7,9-10,13-14H2,1-2H3,(H2,21,22,23). The van der Waals surface area contributed by atoms with E-state index in [2.05, 4.69) is 27.1 Å². The van der Waals surface area contributed by atoms with Crippen LogP contribution in [0.2, 0.25) is 0 Å². The van der Waals surface area contributed by atoms with Crippen LogP contribution >= 0.6 is 11.3 Å². The minimum Gasteiger partial charge on any atom is -0.497 e. The molecule has 0 radical (unpaired) electrons. The van der Waals surface area contributed by atoms with Crippen LogP contribution in [0.3, 0.4) is 0 Å². The molecule has 2 heterocycles. The largest absolute Gasteiger partial charge is 0.497 e. The fraction of sp³-hybridized carbons (Fsp3) is 0.400.